The van der Waals surface area contributed by atoms with Crippen LogP contribution < -0.4 is 5.69 Å². The summed E-state index contributed by atoms with van der Waals surface area (Å²) in [5.41, 5.74) is 2.78. The number of rotatable bonds is 2. The van der Waals surface area contributed by atoms with Crippen LogP contribution in [-0.2, 0) is 5.41 Å². The van der Waals surface area contributed by atoms with Crippen molar-refractivity contribution < 1.29 is 0 Å². The van der Waals surface area contributed by atoms with Crippen molar-refractivity contribution in [2.45, 2.75) is 26.2 Å². The van der Waals surface area contributed by atoms with E-state index in [4.69, 9.17) is 0 Å². The highest BCUT2D eigenvalue weighted by atomic mass is 16.1. The van der Waals surface area contributed by atoms with Gasteiger partial charge in [0.25, 0.3) is 0 Å². The van der Waals surface area contributed by atoms with Gasteiger partial charge in [0, 0.05) is 5.56 Å². The average Bonchev–Trinajstić information content (AvgIpc) is 2.89. The molecule has 0 saturated carbocycles. The van der Waals surface area contributed by atoms with Crippen molar-refractivity contribution in [3.05, 3.63) is 70.6 Å². The summed E-state index contributed by atoms with van der Waals surface area (Å²) in [6.45, 7) is 6.52. The van der Waals surface area contributed by atoms with Crippen molar-refractivity contribution in [2.24, 2.45) is 0 Å². The Kier molecular flexibility index (Phi) is 3.45. The maximum absolute atomic E-state index is 12.1. The molecule has 0 unspecified atom stereocenters. The normalized spacial score (nSPS) is 11.6. The molecule has 22 heavy (non-hydrogen) atoms. The van der Waals surface area contributed by atoms with Gasteiger partial charge in [-0.1, -0.05) is 63.2 Å². The highest BCUT2D eigenvalue weighted by Gasteiger charge is 2.14. The van der Waals surface area contributed by atoms with Gasteiger partial charge in [-0.25, -0.2) is 4.79 Å². The molecule has 0 bridgehead atoms. The molecule has 0 atom stereocenters. The van der Waals surface area contributed by atoms with Crippen LogP contribution in [0.25, 0.3) is 17.1 Å². The SMILES string of the molecule is CC(C)(C)c1ccc(-c2nn(-c3ccccc3)c(=O)[nH]2)cc1. The fourth-order valence-corrected chi connectivity index (χ4v) is 2.33. The maximum Gasteiger partial charge on any atom is 0.348 e. The molecule has 3 rings (SSSR count). The van der Waals surface area contributed by atoms with Crippen LogP contribution in [0, 0.1) is 0 Å². The number of aromatic amines is 1. The Hall–Kier alpha value is -2.62. The first kappa shape index (κ1) is 14.3. The smallest absolute Gasteiger partial charge is 0.288 e. The van der Waals surface area contributed by atoms with Crippen molar-refractivity contribution >= 4 is 0 Å². The summed E-state index contributed by atoms with van der Waals surface area (Å²) in [5, 5.41) is 4.39. The lowest BCUT2D eigenvalue weighted by Crippen LogP contribution is -2.15. The summed E-state index contributed by atoms with van der Waals surface area (Å²) in [4.78, 5) is 14.9. The standard InChI is InChI=1S/C18H19N3O/c1-18(2,3)14-11-9-13(10-12-14)16-19-17(22)21(20-16)15-7-5-4-6-8-15/h4-12H,1-3H3,(H,19,20,22). The van der Waals surface area contributed by atoms with Crippen molar-refractivity contribution in [1.29, 1.82) is 0 Å². The van der Waals surface area contributed by atoms with Crippen LogP contribution in [0.3, 0.4) is 0 Å². The Balaban J connectivity index is 1.99. The predicted octanol–water partition coefficient (Wildman–Crippen LogP) is 3.53. The lowest BCUT2D eigenvalue weighted by molar-refractivity contribution is 0.590. The number of aromatic nitrogens is 3. The van der Waals surface area contributed by atoms with Crippen molar-refractivity contribution in [3.63, 3.8) is 0 Å². The lowest BCUT2D eigenvalue weighted by Gasteiger charge is -2.18. The molecule has 1 heterocycles. The second-order valence-electron chi connectivity index (χ2n) is 6.35. The summed E-state index contributed by atoms with van der Waals surface area (Å²) >= 11 is 0. The van der Waals surface area contributed by atoms with E-state index in [1.807, 2.05) is 42.5 Å². The summed E-state index contributed by atoms with van der Waals surface area (Å²) in [5.74, 6) is 0.578. The van der Waals surface area contributed by atoms with Crippen LogP contribution in [0.5, 0.6) is 0 Å². The molecule has 1 aromatic heterocycles. The van der Waals surface area contributed by atoms with E-state index in [-0.39, 0.29) is 11.1 Å². The van der Waals surface area contributed by atoms with E-state index in [1.165, 1.54) is 10.2 Å². The molecule has 1 N–H and O–H groups in total. The van der Waals surface area contributed by atoms with E-state index in [0.717, 1.165) is 11.3 Å². The molecular formula is C18H19N3O. The minimum Gasteiger partial charge on any atom is -0.288 e. The van der Waals surface area contributed by atoms with Gasteiger partial charge in [-0.3, -0.25) is 4.98 Å². The fraction of sp³-hybridized carbons (Fsp3) is 0.222. The third-order valence-corrected chi connectivity index (χ3v) is 3.64. The number of benzene rings is 2. The number of hydrogen-bond acceptors (Lipinski definition) is 2. The highest BCUT2D eigenvalue weighted by molar-refractivity contribution is 5.55. The zero-order valence-electron chi connectivity index (χ0n) is 13.0. The Morgan fingerprint density at radius 1 is 0.955 bits per heavy atom. The highest BCUT2D eigenvalue weighted by Crippen LogP contribution is 2.24. The molecule has 0 spiro atoms. The minimum absolute atomic E-state index is 0.106. The second kappa shape index (κ2) is 5.30. The molecule has 2 aromatic carbocycles. The molecule has 3 aromatic rings. The lowest BCUT2D eigenvalue weighted by atomic mass is 9.87. The van der Waals surface area contributed by atoms with Crippen LogP contribution >= 0.6 is 0 Å². The van der Waals surface area contributed by atoms with E-state index in [0.29, 0.717) is 5.82 Å². The molecule has 0 saturated heterocycles. The zero-order valence-corrected chi connectivity index (χ0v) is 13.0. The van der Waals surface area contributed by atoms with E-state index in [9.17, 15) is 4.79 Å². The first-order chi connectivity index (χ1) is 10.4. The number of hydrogen-bond donors (Lipinski definition) is 1. The Labute approximate surface area is 129 Å². The minimum atomic E-state index is -0.235. The molecule has 112 valence electrons. The van der Waals surface area contributed by atoms with Crippen LogP contribution in [0.2, 0.25) is 0 Å². The van der Waals surface area contributed by atoms with Crippen molar-refractivity contribution in [2.75, 3.05) is 0 Å². The van der Waals surface area contributed by atoms with Gasteiger partial charge in [0.15, 0.2) is 5.82 Å². The van der Waals surface area contributed by atoms with Crippen LogP contribution in [0.15, 0.2) is 59.4 Å². The third kappa shape index (κ3) is 2.72. The maximum atomic E-state index is 12.1. The quantitative estimate of drug-likeness (QED) is 0.786. The van der Waals surface area contributed by atoms with Gasteiger partial charge < -0.3 is 0 Å². The molecule has 0 aliphatic rings. The third-order valence-electron chi connectivity index (χ3n) is 3.64. The monoisotopic (exact) mass is 293 g/mol. The van der Waals surface area contributed by atoms with Crippen molar-refractivity contribution in [3.8, 4) is 17.1 Å². The molecule has 0 aliphatic heterocycles. The summed E-state index contributed by atoms with van der Waals surface area (Å²) < 4.78 is 1.38. The van der Waals surface area contributed by atoms with E-state index < -0.39 is 0 Å². The van der Waals surface area contributed by atoms with Gasteiger partial charge in [-0.05, 0) is 23.1 Å². The number of nitrogens with one attached hydrogen (secondary N) is 1. The number of nitrogens with zero attached hydrogens (tertiary/aromatic N) is 2. The molecule has 0 aliphatic carbocycles. The molecule has 0 fully saturated rings. The van der Waals surface area contributed by atoms with Crippen LogP contribution in [0.4, 0.5) is 0 Å². The van der Waals surface area contributed by atoms with E-state index in [1.54, 1.807) is 0 Å². The van der Waals surface area contributed by atoms with Gasteiger partial charge in [0.2, 0.25) is 0 Å². The van der Waals surface area contributed by atoms with Crippen LogP contribution in [0.1, 0.15) is 26.3 Å². The summed E-state index contributed by atoms with van der Waals surface area (Å²) in [6.07, 6.45) is 0. The molecule has 0 radical (unpaired) electrons. The molecular weight excluding hydrogens is 274 g/mol. The molecule has 4 heteroatoms. The largest absolute Gasteiger partial charge is 0.348 e. The first-order valence-corrected chi connectivity index (χ1v) is 7.31. The topological polar surface area (TPSA) is 50.7 Å². The summed E-state index contributed by atoms with van der Waals surface area (Å²) in [7, 11) is 0. The van der Waals surface area contributed by atoms with Gasteiger partial charge in [0.1, 0.15) is 0 Å². The van der Waals surface area contributed by atoms with Crippen LogP contribution in [-0.4, -0.2) is 14.8 Å². The van der Waals surface area contributed by atoms with Crippen molar-refractivity contribution in [1.82, 2.24) is 14.8 Å². The van der Waals surface area contributed by atoms with Gasteiger partial charge >= 0.3 is 5.69 Å². The van der Waals surface area contributed by atoms with Gasteiger partial charge in [-0.15, -0.1) is 5.10 Å². The summed E-state index contributed by atoms with van der Waals surface area (Å²) in [6, 6.07) is 17.5. The molecule has 0 amide bonds. The fourth-order valence-electron chi connectivity index (χ4n) is 2.33. The number of H-pyrrole nitrogens is 1. The first-order valence-electron chi connectivity index (χ1n) is 7.31. The van der Waals surface area contributed by atoms with Gasteiger partial charge in [-0.2, -0.15) is 4.68 Å². The zero-order chi connectivity index (χ0) is 15.7. The Morgan fingerprint density at radius 3 is 2.18 bits per heavy atom. The Bertz CT molecular complexity index is 821. The average molecular weight is 293 g/mol. The number of para-hydroxylation sites is 1. The molecule has 4 nitrogen and oxygen atoms in total. The van der Waals surface area contributed by atoms with E-state index >= 15 is 0 Å². The van der Waals surface area contributed by atoms with Gasteiger partial charge in [0.05, 0.1) is 5.69 Å². The Morgan fingerprint density at radius 2 is 1.59 bits per heavy atom. The van der Waals surface area contributed by atoms with E-state index in [2.05, 4.69) is 43.0 Å². The second-order valence-corrected chi connectivity index (χ2v) is 6.35. The predicted molar refractivity (Wildman–Crippen MR) is 88.3 cm³/mol.